The van der Waals surface area contributed by atoms with E-state index in [0.717, 1.165) is 6.29 Å². The van der Waals surface area contributed by atoms with Crippen molar-refractivity contribution >= 4 is 23.5 Å². The number of hydrogen-bond donors (Lipinski definition) is 2. The van der Waals surface area contributed by atoms with Gasteiger partial charge in [0.15, 0.2) is 6.29 Å². The van der Waals surface area contributed by atoms with Crippen molar-refractivity contribution in [3.8, 4) is 0 Å². The molecule has 1 heterocycles. The molecule has 0 aliphatic rings. The van der Waals surface area contributed by atoms with Crippen LogP contribution in [0.15, 0.2) is 6.20 Å². The van der Waals surface area contributed by atoms with Gasteiger partial charge in [-0.3, -0.25) is 9.59 Å². The van der Waals surface area contributed by atoms with Crippen LogP contribution in [0.3, 0.4) is 0 Å². The number of aromatic nitrogens is 1. The smallest absolute Gasteiger partial charge is 0.226 e. The van der Waals surface area contributed by atoms with Gasteiger partial charge in [0.1, 0.15) is 5.01 Å². The lowest BCUT2D eigenvalue weighted by Crippen LogP contribution is -2.30. The summed E-state index contributed by atoms with van der Waals surface area (Å²) in [7, 11) is 0. The first-order chi connectivity index (χ1) is 6.76. The van der Waals surface area contributed by atoms with Crippen molar-refractivity contribution in [2.75, 3.05) is 13.1 Å². The molecule has 6 heteroatoms. The summed E-state index contributed by atoms with van der Waals surface area (Å²) in [6, 6.07) is 0. The maximum atomic E-state index is 11.2. The fourth-order valence-electron chi connectivity index (χ4n) is 0.872. The Morgan fingerprint density at radius 2 is 2.50 bits per heavy atom. The Hall–Kier alpha value is -1.27. The van der Waals surface area contributed by atoms with E-state index in [1.807, 2.05) is 0 Å². The topological polar surface area (TPSA) is 85.1 Å². The molecule has 1 amide bonds. The fraction of sp³-hybridized carbons (Fsp3) is 0.375. The van der Waals surface area contributed by atoms with Gasteiger partial charge in [0.05, 0.1) is 11.3 Å². The van der Waals surface area contributed by atoms with Gasteiger partial charge in [-0.2, -0.15) is 0 Å². The molecule has 0 aliphatic heterocycles. The van der Waals surface area contributed by atoms with Crippen molar-refractivity contribution in [2.45, 2.75) is 6.42 Å². The summed E-state index contributed by atoms with van der Waals surface area (Å²) in [6.45, 7) is 0.883. The van der Waals surface area contributed by atoms with E-state index in [9.17, 15) is 9.59 Å². The molecule has 1 aromatic rings. The number of thiazole rings is 1. The number of nitrogens with two attached hydrogens (primary N) is 1. The molecule has 0 aliphatic carbocycles. The first kappa shape index (κ1) is 10.8. The van der Waals surface area contributed by atoms with Crippen LogP contribution in [0.25, 0.3) is 0 Å². The standard InChI is InChI=1S/C8H11N3O2S/c9-1-2-10-7(13)3-8-11-4-6(5-12)14-8/h4-5H,1-3,9H2,(H,10,13). The van der Waals surface area contributed by atoms with Gasteiger partial charge in [-0.15, -0.1) is 11.3 Å². The highest BCUT2D eigenvalue weighted by Crippen LogP contribution is 2.10. The number of carbonyl (C=O) groups is 2. The first-order valence-electron chi connectivity index (χ1n) is 4.13. The molecule has 0 spiro atoms. The molecule has 0 fully saturated rings. The maximum Gasteiger partial charge on any atom is 0.226 e. The Labute approximate surface area is 85.3 Å². The molecule has 76 valence electrons. The number of amides is 1. The van der Waals surface area contributed by atoms with Crippen LogP contribution in [0.2, 0.25) is 0 Å². The molecular weight excluding hydrogens is 202 g/mol. The summed E-state index contributed by atoms with van der Waals surface area (Å²) in [5.41, 5.74) is 5.22. The van der Waals surface area contributed by atoms with Crippen LogP contribution >= 0.6 is 11.3 Å². The number of hydrogen-bond acceptors (Lipinski definition) is 5. The van der Waals surface area contributed by atoms with E-state index in [0.29, 0.717) is 23.0 Å². The van der Waals surface area contributed by atoms with Gasteiger partial charge in [0.25, 0.3) is 0 Å². The lowest BCUT2D eigenvalue weighted by Gasteiger charge is -1.99. The first-order valence-corrected chi connectivity index (χ1v) is 4.94. The molecule has 5 nitrogen and oxygen atoms in total. The van der Waals surface area contributed by atoms with E-state index in [4.69, 9.17) is 5.73 Å². The highest BCUT2D eigenvalue weighted by molar-refractivity contribution is 7.13. The van der Waals surface area contributed by atoms with Crippen molar-refractivity contribution in [1.82, 2.24) is 10.3 Å². The van der Waals surface area contributed by atoms with Crippen LogP contribution in [-0.4, -0.2) is 30.3 Å². The third-order valence-corrected chi connectivity index (χ3v) is 2.39. The molecule has 1 rings (SSSR count). The lowest BCUT2D eigenvalue weighted by atomic mass is 10.4. The SMILES string of the molecule is NCCNC(=O)Cc1ncc(C=O)s1. The third-order valence-electron chi connectivity index (χ3n) is 1.47. The Kier molecular flexibility index (Phi) is 4.21. The number of nitrogens with zero attached hydrogens (tertiary/aromatic N) is 1. The summed E-state index contributed by atoms with van der Waals surface area (Å²) in [5.74, 6) is -0.123. The van der Waals surface area contributed by atoms with Crippen LogP contribution in [0.4, 0.5) is 0 Å². The van der Waals surface area contributed by atoms with Crippen molar-refractivity contribution in [3.05, 3.63) is 16.1 Å². The molecule has 3 N–H and O–H groups in total. The minimum Gasteiger partial charge on any atom is -0.354 e. The van der Waals surface area contributed by atoms with Gasteiger partial charge in [0, 0.05) is 19.3 Å². The molecule has 0 saturated heterocycles. The van der Waals surface area contributed by atoms with E-state index < -0.39 is 0 Å². The molecule has 0 radical (unpaired) electrons. The summed E-state index contributed by atoms with van der Waals surface area (Å²) in [6.07, 6.45) is 2.39. The number of nitrogens with one attached hydrogen (secondary N) is 1. The molecule has 0 saturated carbocycles. The monoisotopic (exact) mass is 213 g/mol. The molecule has 14 heavy (non-hydrogen) atoms. The largest absolute Gasteiger partial charge is 0.354 e. The minimum absolute atomic E-state index is 0.123. The Bertz CT molecular complexity index is 324. The zero-order valence-corrected chi connectivity index (χ0v) is 8.34. The normalized spacial score (nSPS) is 9.79. The maximum absolute atomic E-state index is 11.2. The van der Waals surface area contributed by atoms with E-state index in [-0.39, 0.29) is 12.3 Å². The zero-order chi connectivity index (χ0) is 10.4. The number of carbonyl (C=O) groups excluding carboxylic acids is 2. The minimum atomic E-state index is -0.123. The average Bonchev–Trinajstić information content (AvgIpc) is 2.62. The van der Waals surface area contributed by atoms with E-state index in [2.05, 4.69) is 10.3 Å². The molecule has 0 atom stereocenters. The van der Waals surface area contributed by atoms with Crippen LogP contribution in [0, 0.1) is 0 Å². The summed E-state index contributed by atoms with van der Waals surface area (Å²) in [5, 5.41) is 3.26. The summed E-state index contributed by atoms with van der Waals surface area (Å²) >= 11 is 1.22. The predicted molar refractivity (Wildman–Crippen MR) is 53.3 cm³/mol. The Balaban J connectivity index is 2.43. The second-order valence-electron chi connectivity index (χ2n) is 2.59. The highest BCUT2D eigenvalue weighted by Gasteiger charge is 2.06. The fourth-order valence-corrected chi connectivity index (χ4v) is 1.61. The van der Waals surface area contributed by atoms with Gasteiger partial charge in [-0.25, -0.2) is 4.98 Å². The van der Waals surface area contributed by atoms with Gasteiger partial charge < -0.3 is 11.1 Å². The second kappa shape index (κ2) is 5.46. The quantitative estimate of drug-likeness (QED) is 0.650. The number of aldehydes is 1. The van der Waals surface area contributed by atoms with E-state index in [1.54, 1.807) is 0 Å². The molecular formula is C8H11N3O2S. The third kappa shape index (κ3) is 3.23. The predicted octanol–water partition coefficient (Wildman–Crippen LogP) is -0.427. The number of rotatable bonds is 5. The van der Waals surface area contributed by atoms with Crippen molar-refractivity contribution in [3.63, 3.8) is 0 Å². The van der Waals surface area contributed by atoms with Crippen LogP contribution in [0.1, 0.15) is 14.7 Å². The van der Waals surface area contributed by atoms with Gasteiger partial charge >= 0.3 is 0 Å². The molecule has 0 aromatic carbocycles. The van der Waals surface area contributed by atoms with Gasteiger partial charge in [0.2, 0.25) is 5.91 Å². The van der Waals surface area contributed by atoms with E-state index in [1.165, 1.54) is 17.5 Å². The molecule has 0 unspecified atom stereocenters. The molecule has 1 aromatic heterocycles. The Morgan fingerprint density at radius 1 is 1.71 bits per heavy atom. The van der Waals surface area contributed by atoms with Crippen molar-refractivity contribution in [2.24, 2.45) is 5.73 Å². The van der Waals surface area contributed by atoms with Crippen LogP contribution < -0.4 is 11.1 Å². The van der Waals surface area contributed by atoms with Crippen molar-refractivity contribution < 1.29 is 9.59 Å². The van der Waals surface area contributed by atoms with Crippen LogP contribution in [0.5, 0.6) is 0 Å². The highest BCUT2D eigenvalue weighted by atomic mass is 32.1. The van der Waals surface area contributed by atoms with Gasteiger partial charge in [-0.05, 0) is 0 Å². The average molecular weight is 213 g/mol. The summed E-state index contributed by atoms with van der Waals surface area (Å²) < 4.78 is 0. The Morgan fingerprint density at radius 3 is 3.07 bits per heavy atom. The summed E-state index contributed by atoms with van der Waals surface area (Å²) in [4.78, 5) is 26.0. The van der Waals surface area contributed by atoms with Gasteiger partial charge in [-0.1, -0.05) is 0 Å². The van der Waals surface area contributed by atoms with Crippen LogP contribution in [-0.2, 0) is 11.2 Å². The zero-order valence-electron chi connectivity index (χ0n) is 7.53. The molecule has 0 bridgehead atoms. The van der Waals surface area contributed by atoms with Crippen molar-refractivity contribution in [1.29, 1.82) is 0 Å². The van der Waals surface area contributed by atoms with E-state index >= 15 is 0 Å². The second-order valence-corrected chi connectivity index (χ2v) is 3.74. The lowest BCUT2D eigenvalue weighted by molar-refractivity contribution is -0.120.